The summed E-state index contributed by atoms with van der Waals surface area (Å²) in [6.45, 7) is 0. The highest BCUT2D eigenvalue weighted by Gasteiger charge is 2.19. The molecule has 0 aliphatic heterocycles. The van der Waals surface area contributed by atoms with E-state index in [0.29, 0.717) is 0 Å². The van der Waals surface area contributed by atoms with E-state index in [-0.39, 0.29) is 0 Å². The van der Waals surface area contributed by atoms with Crippen molar-refractivity contribution in [3.05, 3.63) is 224 Å². The second kappa shape index (κ2) is 14.0. The molecule has 4 bridgehead atoms. The highest BCUT2D eigenvalue weighted by Crippen LogP contribution is 2.45. The summed E-state index contributed by atoms with van der Waals surface area (Å²) < 4.78 is 7.36. The minimum absolute atomic E-state index is 1.08. The van der Waals surface area contributed by atoms with Crippen molar-refractivity contribution < 1.29 is 0 Å². The molecule has 0 aliphatic carbocycles. The zero-order valence-corrected chi connectivity index (χ0v) is 33.4. The van der Waals surface area contributed by atoms with Crippen molar-refractivity contribution in [2.75, 3.05) is 4.90 Å². The third-order valence-corrected chi connectivity index (χ3v) is 13.1. The van der Waals surface area contributed by atoms with Crippen LogP contribution in [0.3, 0.4) is 0 Å². The number of nitrogens with zero attached hydrogens (tertiary/aromatic N) is 3. The Labute approximate surface area is 351 Å². The van der Waals surface area contributed by atoms with Crippen LogP contribution < -0.4 is 4.90 Å². The zero-order valence-electron chi connectivity index (χ0n) is 32.6. The van der Waals surface area contributed by atoms with Crippen molar-refractivity contribution in [3.8, 4) is 11.4 Å². The van der Waals surface area contributed by atoms with Gasteiger partial charge < -0.3 is 14.0 Å². The molecule has 12 rings (SSSR count). The quantitative estimate of drug-likeness (QED) is 0.169. The summed E-state index contributed by atoms with van der Waals surface area (Å²) in [5.41, 5.74) is 9.99. The third-order valence-electron chi connectivity index (χ3n) is 11.9. The number of benzene rings is 10. The first kappa shape index (κ1) is 34.4. The molecule has 0 aliphatic rings. The summed E-state index contributed by atoms with van der Waals surface area (Å²) in [7, 11) is 0. The Kier molecular flexibility index (Phi) is 8.03. The van der Waals surface area contributed by atoms with E-state index in [1.54, 1.807) is 0 Å². The molecule has 4 heteroatoms. The van der Waals surface area contributed by atoms with Crippen molar-refractivity contribution in [2.45, 2.75) is 0 Å². The topological polar surface area (TPSA) is 13.1 Å². The molecular weight excluding hydrogens is 747 g/mol. The van der Waals surface area contributed by atoms with Gasteiger partial charge in [0, 0.05) is 60.2 Å². The molecule has 0 fully saturated rings. The average molecular weight is 784 g/mol. The van der Waals surface area contributed by atoms with Gasteiger partial charge in [0.05, 0.1) is 15.9 Å². The number of para-hydroxylation sites is 2. The molecule has 10 aromatic carbocycles. The molecule has 0 atom stereocenters. The normalized spacial score (nSPS) is 11.7. The van der Waals surface area contributed by atoms with Crippen LogP contribution in [0.15, 0.2) is 224 Å². The van der Waals surface area contributed by atoms with Crippen LogP contribution in [-0.2, 0) is 0 Å². The van der Waals surface area contributed by atoms with E-state index >= 15 is 0 Å². The van der Waals surface area contributed by atoms with Crippen LogP contribution in [-0.4, -0.2) is 9.13 Å². The molecule has 3 nitrogen and oxygen atoms in total. The molecule has 0 saturated heterocycles. The van der Waals surface area contributed by atoms with Gasteiger partial charge in [-0.1, -0.05) is 127 Å². The van der Waals surface area contributed by atoms with Gasteiger partial charge in [0.2, 0.25) is 0 Å². The van der Waals surface area contributed by atoms with Gasteiger partial charge in [0.15, 0.2) is 0 Å². The summed E-state index contributed by atoms with van der Waals surface area (Å²) in [6.07, 6.45) is 0. The SMILES string of the molecule is c1ccc(-n2c3cccc(c3)n(-c3ccc(N(c4ccc5ccccc5c4)c4cccc5c4sc4ccccc45)cc3)c3ccc4cccc(c4c3)c3ccccc32)cc1. The Morgan fingerprint density at radius 3 is 1.83 bits per heavy atom. The van der Waals surface area contributed by atoms with Gasteiger partial charge in [-0.2, -0.15) is 0 Å². The lowest BCUT2D eigenvalue weighted by Gasteiger charge is -2.27. The van der Waals surface area contributed by atoms with Gasteiger partial charge in [-0.15, -0.1) is 11.3 Å². The first-order chi connectivity index (χ1) is 29.7. The fourth-order valence-corrected chi connectivity index (χ4v) is 10.4. The molecule has 0 saturated carbocycles. The first-order valence-electron chi connectivity index (χ1n) is 20.4. The Balaban J connectivity index is 1.12. The van der Waals surface area contributed by atoms with E-state index in [2.05, 4.69) is 238 Å². The lowest BCUT2D eigenvalue weighted by molar-refractivity contribution is 1.14. The monoisotopic (exact) mass is 783 g/mol. The summed E-state index contributed by atoms with van der Waals surface area (Å²) >= 11 is 1.86. The summed E-state index contributed by atoms with van der Waals surface area (Å²) in [6, 6.07) is 82.0. The van der Waals surface area contributed by atoms with Crippen molar-refractivity contribution in [1.82, 2.24) is 9.13 Å². The van der Waals surface area contributed by atoms with E-state index in [9.17, 15) is 0 Å². The third kappa shape index (κ3) is 5.65. The molecule has 12 aromatic rings. The van der Waals surface area contributed by atoms with Crippen LogP contribution in [0, 0.1) is 0 Å². The predicted octanol–water partition coefficient (Wildman–Crippen LogP) is 16.0. The maximum absolute atomic E-state index is 2.43. The zero-order chi connectivity index (χ0) is 39.6. The van der Waals surface area contributed by atoms with Gasteiger partial charge in [0.25, 0.3) is 0 Å². The Hall–Kier alpha value is -7.66. The number of hydrogen-bond donors (Lipinski definition) is 0. The largest absolute Gasteiger partial charge is 0.310 e. The Morgan fingerprint density at radius 1 is 0.333 bits per heavy atom. The van der Waals surface area contributed by atoms with Gasteiger partial charge in [-0.3, -0.25) is 0 Å². The Bertz CT molecular complexity index is 3670. The molecule has 0 N–H and O–H groups in total. The highest BCUT2D eigenvalue weighted by atomic mass is 32.1. The number of thiophene rings is 1. The van der Waals surface area contributed by atoms with Crippen molar-refractivity contribution in [3.63, 3.8) is 0 Å². The summed E-state index contributed by atoms with van der Waals surface area (Å²) in [4.78, 5) is 2.43. The fourth-order valence-electron chi connectivity index (χ4n) is 9.16. The van der Waals surface area contributed by atoms with Crippen molar-refractivity contribution >= 4 is 103 Å². The van der Waals surface area contributed by atoms with E-state index in [1.165, 1.54) is 58.2 Å². The lowest BCUT2D eigenvalue weighted by Crippen LogP contribution is -2.10. The van der Waals surface area contributed by atoms with Crippen molar-refractivity contribution in [2.24, 2.45) is 0 Å². The number of aromatic nitrogens is 2. The summed E-state index contributed by atoms with van der Waals surface area (Å²) in [5.74, 6) is 0. The van der Waals surface area contributed by atoms with E-state index in [0.717, 1.165) is 44.8 Å². The van der Waals surface area contributed by atoms with Crippen LogP contribution >= 0.6 is 11.3 Å². The maximum Gasteiger partial charge on any atom is 0.0640 e. The van der Waals surface area contributed by atoms with Crippen molar-refractivity contribution in [1.29, 1.82) is 0 Å². The smallest absolute Gasteiger partial charge is 0.0640 e. The molecule has 0 radical (unpaired) electrons. The van der Waals surface area contributed by atoms with Crippen LogP contribution in [0.1, 0.15) is 0 Å². The highest BCUT2D eigenvalue weighted by molar-refractivity contribution is 7.26. The fraction of sp³-hybridized carbons (Fsp3) is 0. The molecule has 2 heterocycles. The standard InChI is InChI=1S/C56H37N3S/c1-2-16-41(17-3-1)58-45-19-11-18-44(36-45)57(47-30-28-39-15-10-22-48(52(39)37-47)49-20-6-8-24-53(49)58)42-31-33-43(34-32-42)59(46-29-27-38-13-4-5-14-40(38)35-46)54-25-12-23-51-50-21-7-9-26-55(50)60-56(51)54/h1-37H. The number of hydrogen-bond acceptors (Lipinski definition) is 2. The van der Waals surface area contributed by atoms with E-state index < -0.39 is 0 Å². The van der Waals surface area contributed by atoms with Crippen LogP contribution in [0.4, 0.5) is 17.1 Å². The van der Waals surface area contributed by atoms with Gasteiger partial charge in [-0.25, -0.2) is 0 Å². The molecule has 0 unspecified atom stereocenters. The molecule has 60 heavy (non-hydrogen) atoms. The molecule has 0 amide bonds. The van der Waals surface area contributed by atoms with Gasteiger partial charge >= 0.3 is 0 Å². The van der Waals surface area contributed by atoms with Gasteiger partial charge in [-0.05, 0) is 124 Å². The van der Waals surface area contributed by atoms with Crippen LogP contribution in [0.5, 0.6) is 0 Å². The first-order valence-corrected chi connectivity index (χ1v) is 21.2. The molecule has 282 valence electrons. The second-order valence-corrected chi connectivity index (χ2v) is 16.4. The number of anilines is 3. The average Bonchev–Trinajstić information content (AvgIpc) is 3.69. The summed E-state index contributed by atoms with van der Waals surface area (Å²) in [5, 5.41) is 9.83. The molecule has 0 spiro atoms. The molecular formula is C56H37N3S. The maximum atomic E-state index is 2.43. The van der Waals surface area contributed by atoms with Gasteiger partial charge in [0.1, 0.15) is 0 Å². The number of rotatable bonds is 5. The van der Waals surface area contributed by atoms with Crippen LogP contribution in [0.2, 0.25) is 0 Å². The van der Waals surface area contributed by atoms with E-state index in [1.807, 2.05) is 11.3 Å². The van der Waals surface area contributed by atoms with Crippen LogP contribution in [0.25, 0.3) is 85.9 Å². The molecule has 2 aromatic heterocycles. The van der Waals surface area contributed by atoms with E-state index in [4.69, 9.17) is 0 Å². The minimum Gasteiger partial charge on any atom is -0.310 e. The Morgan fingerprint density at radius 2 is 0.950 bits per heavy atom. The lowest BCUT2D eigenvalue weighted by atomic mass is 10.0. The predicted molar refractivity (Wildman–Crippen MR) is 258 cm³/mol. The number of fused-ring (bicyclic) bond motifs is 9. The second-order valence-electron chi connectivity index (χ2n) is 15.4. The minimum atomic E-state index is 1.08.